The molecule has 0 amide bonds. The first-order valence-electron chi connectivity index (χ1n) is 4.92. The first kappa shape index (κ1) is 13.9. The van der Waals surface area contributed by atoms with Crippen LogP contribution in [-0.2, 0) is 14.6 Å². The van der Waals surface area contributed by atoms with E-state index in [1.165, 1.54) is 0 Å². The molecule has 0 spiro atoms. The van der Waals surface area contributed by atoms with Crippen molar-refractivity contribution >= 4 is 9.84 Å². The van der Waals surface area contributed by atoms with Crippen LogP contribution < -0.4 is 5.32 Å². The number of hydrogen-bond acceptors (Lipinski definition) is 4. The van der Waals surface area contributed by atoms with Gasteiger partial charge in [0.1, 0.15) is 9.84 Å². The maximum atomic E-state index is 11.2. The molecule has 0 aromatic rings. The molecule has 1 unspecified atom stereocenters. The minimum Gasteiger partial charge on any atom is -0.383 e. The van der Waals surface area contributed by atoms with Crippen molar-refractivity contribution in [2.45, 2.75) is 25.8 Å². The summed E-state index contributed by atoms with van der Waals surface area (Å²) >= 11 is 0. The zero-order chi connectivity index (χ0) is 11.0. The molecular formula is C9H21NO3S. The highest BCUT2D eigenvalue weighted by Crippen LogP contribution is 2.01. The van der Waals surface area contributed by atoms with Crippen LogP contribution in [0.15, 0.2) is 0 Å². The fourth-order valence-corrected chi connectivity index (χ4v) is 2.10. The van der Waals surface area contributed by atoms with Gasteiger partial charge < -0.3 is 10.1 Å². The average molecular weight is 223 g/mol. The van der Waals surface area contributed by atoms with E-state index in [0.29, 0.717) is 13.0 Å². The molecule has 14 heavy (non-hydrogen) atoms. The molecule has 0 saturated heterocycles. The highest BCUT2D eigenvalue weighted by molar-refractivity contribution is 7.91. The number of sulfone groups is 1. The van der Waals surface area contributed by atoms with Gasteiger partial charge in [-0.2, -0.15) is 0 Å². The molecule has 1 N–H and O–H groups in total. The third-order valence-corrected chi connectivity index (χ3v) is 4.01. The van der Waals surface area contributed by atoms with Gasteiger partial charge in [-0.3, -0.25) is 0 Å². The van der Waals surface area contributed by atoms with E-state index in [1.807, 2.05) is 7.05 Å². The summed E-state index contributed by atoms with van der Waals surface area (Å²) in [6, 6.07) is 0.257. The maximum absolute atomic E-state index is 11.2. The smallest absolute Gasteiger partial charge is 0.150 e. The Bertz CT molecular complexity index is 226. The predicted molar refractivity (Wildman–Crippen MR) is 58.3 cm³/mol. The molecule has 0 aliphatic carbocycles. The van der Waals surface area contributed by atoms with Crippen molar-refractivity contribution in [1.29, 1.82) is 0 Å². The first-order chi connectivity index (χ1) is 6.55. The van der Waals surface area contributed by atoms with Gasteiger partial charge in [-0.15, -0.1) is 0 Å². The van der Waals surface area contributed by atoms with E-state index in [2.05, 4.69) is 5.32 Å². The maximum Gasteiger partial charge on any atom is 0.150 e. The monoisotopic (exact) mass is 223 g/mol. The van der Waals surface area contributed by atoms with E-state index in [4.69, 9.17) is 4.74 Å². The number of likely N-dealkylation sites (N-methyl/N-ethyl adjacent to an activating group) is 1. The van der Waals surface area contributed by atoms with Gasteiger partial charge in [-0.25, -0.2) is 8.42 Å². The fourth-order valence-electron chi connectivity index (χ4n) is 1.21. The molecule has 0 aliphatic rings. The molecule has 86 valence electrons. The second-order valence-electron chi connectivity index (χ2n) is 3.32. The van der Waals surface area contributed by atoms with Crippen LogP contribution in [0.4, 0.5) is 0 Å². The molecule has 0 fully saturated rings. The summed E-state index contributed by atoms with van der Waals surface area (Å²) in [7, 11) is 0.698. The Labute approximate surface area is 86.9 Å². The molecular weight excluding hydrogens is 202 g/mol. The van der Waals surface area contributed by atoms with E-state index in [1.54, 1.807) is 14.0 Å². The van der Waals surface area contributed by atoms with Gasteiger partial charge in [0.15, 0.2) is 0 Å². The highest BCUT2D eigenvalue weighted by Gasteiger charge is 2.10. The van der Waals surface area contributed by atoms with Crippen LogP contribution in [0, 0.1) is 0 Å². The van der Waals surface area contributed by atoms with Crippen molar-refractivity contribution < 1.29 is 13.2 Å². The summed E-state index contributed by atoms with van der Waals surface area (Å²) in [4.78, 5) is 0. The number of ether oxygens (including phenoxy) is 1. The topological polar surface area (TPSA) is 55.4 Å². The van der Waals surface area contributed by atoms with Gasteiger partial charge in [0.2, 0.25) is 0 Å². The number of nitrogens with one attached hydrogen (secondary N) is 1. The Morgan fingerprint density at radius 1 is 1.43 bits per heavy atom. The van der Waals surface area contributed by atoms with Gasteiger partial charge in [-0.1, -0.05) is 6.92 Å². The van der Waals surface area contributed by atoms with Crippen molar-refractivity contribution in [3.63, 3.8) is 0 Å². The molecule has 0 saturated carbocycles. The normalized spacial score (nSPS) is 14.2. The van der Waals surface area contributed by atoms with Crippen LogP contribution in [0.25, 0.3) is 0 Å². The van der Waals surface area contributed by atoms with Crippen molar-refractivity contribution in [3.05, 3.63) is 0 Å². The lowest BCUT2D eigenvalue weighted by molar-refractivity contribution is 0.165. The second kappa shape index (κ2) is 7.20. The Morgan fingerprint density at radius 2 is 2.07 bits per heavy atom. The minimum atomic E-state index is -2.81. The molecule has 0 radical (unpaired) electrons. The summed E-state index contributed by atoms with van der Waals surface area (Å²) < 4.78 is 27.3. The lowest BCUT2D eigenvalue weighted by Gasteiger charge is -2.14. The molecule has 0 heterocycles. The predicted octanol–water partition coefficient (Wildman–Crippen LogP) is 0.436. The summed E-state index contributed by atoms with van der Waals surface area (Å²) in [6.45, 7) is 2.31. The van der Waals surface area contributed by atoms with Crippen LogP contribution in [0.2, 0.25) is 0 Å². The lowest BCUT2D eigenvalue weighted by atomic mass is 10.2. The van der Waals surface area contributed by atoms with E-state index < -0.39 is 9.84 Å². The third-order valence-electron chi connectivity index (χ3n) is 2.22. The summed E-state index contributed by atoms with van der Waals surface area (Å²) in [5, 5.41) is 3.09. The average Bonchev–Trinajstić information content (AvgIpc) is 2.16. The molecule has 0 aromatic carbocycles. The van der Waals surface area contributed by atoms with Crippen molar-refractivity contribution in [2.24, 2.45) is 0 Å². The van der Waals surface area contributed by atoms with Crippen LogP contribution >= 0.6 is 0 Å². The zero-order valence-corrected chi connectivity index (χ0v) is 10.1. The van der Waals surface area contributed by atoms with Gasteiger partial charge in [0.25, 0.3) is 0 Å². The first-order valence-corrected chi connectivity index (χ1v) is 6.74. The van der Waals surface area contributed by atoms with E-state index in [0.717, 1.165) is 6.42 Å². The van der Waals surface area contributed by atoms with E-state index in [9.17, 15) is 8.42 Å². The van der Waals surface area contributed by atoms with Crippen molar-refractivity contribution in [1.82, 2.24) is 5.32 Å². The second-order valence-corrected chi connectivity index (χ2v) is 5.79. The Hall–Kier alpha value is -0.130. The van der Waals surface area contributed by atoms with E-state index in [-0.39, 0.29) is 17.5 Å². The SMILES string of the molecule is CCS(=O)(=O)CCCC(COC)NC. The molecule has 0 rings (SSSR count). The molecule has 0 aliphatic heterocycles. The molecule has 0 aromatic heterocycles. The quantitative estimate of drug-likeness (QED) is 0.648. The van der Waals surface area contributed by atoms with Gasteiger partial charge in [0, 0.05) is 18.9 Å². The summed E-state index contributed by atoms with van der Waals surface area (Å²) in [5.41, 5.74) is 0. The third kappa shape index (κ3) is 6.34. The summed E-state index contributed by atoms with van der Waals surface area (Å²) in [5.74, 6) is 0.521. The number of rotatable bonds is 8. The van der Waals surface area contributed by atoms with Crippen LogP contribution in [-0.4, -0.2) is 46.7 Å². The highest BCUT2D eigenvalue weighted by atomic mass is 32.2. The van der Waals surface area contributed by atoms with Gasteiger partial charge >= 0.3 is 0 Å². The van der Waals surface area contributed by atoms with Gasteiger partial charge in [0.05, 0.1) is 12.4 Å². The van der Waals surface area contributed by atoms with Crippen LogP contribution in [0.3, 0.4) is 0 Å². The Morgan fingerprint density at radius 3 is 2.50 bits per heavy atom. The zero-order valence-electron chi connectivity index (χ0n) is 9.25. The van der Waals surface area contributed by atoms with Crippen LogP contribution in [0.1, 0.15) is 19.8 Å². The van der Waals surface area contributed by atoms with Crippen molar-refractivity contribution in [3.8, 4) is 0 Å². The standard InChI is InChI=1S/C9H21NO3S/c1-4-14(11,12)7-5-6-9(10-2)8-13-3/h9-10H,4-8H2,1-3H3. The van der Waals surface area contributed by atoms with Crippen LogP contribution in [0.5, 0.6) is 0 Å². The van der Waals surface area contributed by atoms with E-state index >= 15 is 0 Å². The minimum absolute atomic E-state index is 0.238. The fraction of sp³-hybridized carbons (Fsp3) is 1.00. The molecule has 4 nitrogen and oxygen atoms in total. The molecule has 1 atom stereocenters. The van der Waals surface area contributed by atoms with Gasteiger partial charge in [-0.05, 0) is 19.9 Å². The number of hydrogen-bond donors (Lipinski definition) is 1. The Balaban J connectivity index is 3.71. The molecule has 5 heteroatoms. The summed E-state index contributed by atoms with van der Waals surface area (Å²) in [6.07, 6.45) is 1.54. The molecule has 0 bridgehead atoms. The largest absolute Gasteiger partial charge is 0.383 e. The Kier molecular flexibility index (Phi) is 7.13. The van der Waals surface area contributed by atoms with Crippen molar-refractivity contribution in [2.75, 3.05) is 32.3 Å². The number of methoxy groups -OCH3 is 1. The lowest BCUT2D eigenvalue weighted by Crippen LogP contribution is -2.30.